The van der Waals surface area contributed by atoms with Gasteiger partial charge in [0.2, 0.25) is 0 Å². The van der Waals surface area contributed by atoms with Crippen LogP contribution in [0.25, 0.3) is 0 Å². The van der Waals surface area contributed by atoms with E-state index < -0.39 is 5.97 Å². The third-order valence-electron chi connectivity index (χ3n) is 3.41. The third kappa shape index (κ3) is 2.55. The molecule has 1 saturated carbocycles. The maximum absolute atomic E-state index is 11.0. The van der Waals surface area contributed by atoms with Gasteiger partial charge in [-0.3, -0.25) is 4.79 Å². The molecule has 1 N–H and O–H groups in total. The molecule has 0 spiro atoms. The van der Waals surface area contributed by atoms with Crippen LogP contribution >= 0.6 is 11.8 Å². The van der Waals surface area contributed by atoms with Gasteiger partial charge in [-0.2, -0.15) is 0 Å². The zero-order valence-corrected chi connectivity index (χ0v) is 10.8. The number of hydrogen-bond acceptors (Lipinski definition) is 2. The number of rotatable bonds is 4. The van der Waals surface area contributed by atoms with E-state index in [1.807, 2.05) is 55.7 Å². The van der Waals surface area contributed by atoms with Gasteiger partial charge in [-0.15, -0.1) is 0 Å². The standard InChI is InChI=1S/C14H16O2S/c1-14(2)11(12(14)13(15)16)8-9-17-10-6-4-3-5-7-10/h3-9,11-12H,1-2H3,(H,15,16)/b9-8+. The number of aliphatic carboxylic acids is 1. The van der Waals surface area contributed by atoms with E-state index in [-0.39, 0.29) is 17.3 Å². The molecule has 17 heavy (non-hydrogen) atoms. The van der Waals surface area contributed by atoms with Gasteiger partial charge in [0, 0.05) is 4.90 Å². The monoisotopic (exact) mass is 248 g/mol. The van der Waals surface area contributed by atoms with Crippen molar-refractivity contribution in [1.29, 1.82) is 0 Å². The van der Waals surface area contributed by atoms with Crippen molar-refractivity contribution >= 4 is 17.7 Å². The molecule has 0 radical (unpaired) electrons. The fourth-order valence-corrected chi connectivity index (χ4v) is 2.93. The summed E-state index contributed by atoms with van der Waals surface area (Å²) in [6.45, 7) is 4.02. The molecule has 0 heterocycles. The Morgan fingerprint density at radius 1 is 1.35 bits per heavy atom. The molecule has 2 nitrogen and oxygen atoms in total. The van der Waals surface area contributed by atoms with Crippen LogP contribution in [0.2, 0.25) is 0 Å². The predicted molar refractivity (Wildman–Crippen MR) is 69.8 cm³/mol. The third-order valence-corrected chi connectivity index (χ3v) is 4.25. The highest BCUT2D eigenvalue weighted by Crippen LogP contribution is 2.59. The molecule has 0 saturated heterocycles. The molecule has 2 rings (SSSR count). The first-order valence-electron chi connectivity index (χ1n) is 5.64. The Hall–Kier alpha value is -1.22. The van der Waals surface area contributed by atoms with E-state index in [9.17, 15) is 4.79 Å². The molecular weight excluding hydrogens is 232 g/mol. The molecule has 2 atom stereocenters. The smallest absolute Gasteiger partial charge is 0.307 e. The summed E-state index contributed by atoms with van der Waals surface area (Å²) in [5.74, 6) is -0.749. The lowest BCUT2D eigenvalue weighted by molar-refractivity contribution is -0.139. The van der Waals surface area contributed by atoms with Crippen LogP contribution in [-0.4, -0.2) is 11.1 Å². The molecular formula is C14H16O2S. The maximum Gasteiger partial charge on any atom is 0.307 e. The van der Waals surface area contributed by atoms with Crippen molar-refractivity contribution in [2.75, 3.05) is 0 Å². The van der Waals surface area contributed by atoms with Crippen molar-refractivity contribution < 1.29 is 9.90 Å². The molecule has 0 amide bonds. The largest absolute Gasteiger partial charge is 0.481 e. The van der Waals surface area contributed by atoms with Gasteiger partial charge in [-0.05, 0) is 28.9 Å². The Bertz CT molecular complexity index is 437. The minimum absolute atomic E-state index is 0.0976. The van der Waals surface area contributed by atoms with Crippen LogP contribution in [0.3, 0.4) is 0 Å². The first kappa shape index (κ1) is 12.2. The Kier molecular flexibility index (Phi) is 3.29. The first-order chi connectivity index (χ1) is 8.03. The van der Waals surface area contributed by atoms with Crippen LogP contribution in [0.1, 0.15) is 13.8 Å². The fourth-order valence-electron chi connectivity index (χ4n) is 2.21. The Labute approximate surface area is 106 Å². The normalized spacial score (nSPS) is 26.0. The van der Waals surface area contributed by atoms with E-state index in [1.165, 1.54) is 4.90 Å². The quantitative estimate of drug-likeness (QED) is 0.826. The summed E-state index contributed by atoms with van der Waals surface area (Å²) in [5, 5.41) is 11.0. The molecule has 1 fully saturated rings. The van der Waals surface area contributed by atoms with Gasteiger partial charge < -0.3 is 5.11 Å². The van der Waals surface area contributed by atoms with Gasteiger partial charge in [0.1, 0.15) is 0 Å². The van der Waals surface area contributed by atoms with Gasteiger partial charge in [0.15, 0.2) is 0 Å². The zero-order valence-electron chi connectivity index (χ0n) is 9.96. The van der Waals surface area contributed by atoms with Crippen molar-refractivity contribution in [3.8, 4) is 0 Å². The van der Waals surface area contributed by atoms with Crippen molar-refractivity contribution in [1.82, 2.24) is 0 Å². The highest BCUT2D eigenvalue weighted by atomic mass is 32.2. The van der Waals surface area contributed by atoms with Crippen LogP contribution < -0.4 is 0 Å². The minimum Gasteiger partial charge on any atom is -0.481 e. The maximum atomic E-state index is 11.0. The summed E-state index contributed by atoms with van der Waals surface area (Å²) in [6, 6.07) is 10.1. The van der Waals surface area contributed by atoms with Crippen molar-refractivity contribution in [2.24, 2.45) is 17.3 Å². The van der Waals surface area contributed by atoms with Gasteiger partial charge in [-0.1, -0.05) is 49.9 Å². The van der Waals surface area contributed by atoms with Crippen LogP contribution in [0, 0.1) is 17.3 Å². The predicted octanol–water partition coefficient (Wildman–Crippen LogP) is 3.65. The van der Waals surface area contributed by atoms with Crippen molar-refractivity contribution in [2.45, 2.75) is 18.7 Å². The van der Waals surface area contributed by atoms with Crippen LogP contribution in [-0.2, 0) is 4.79 Å². The number of benzene rings is 1. The average Bonchev–Trinajstić information content (AvgIpc) is 2.82. The van der Waals surface area contributed by atoms with E-state index in [1.54, 1.807) is 11.8 Å². The molecule has 1 aromatic carbocycles. The van der Waals surface area contributed by atoms with Crippen LogP contribution in [0.4, 0.5) is 0 Å². The average molecular weight is 248 g/mol. The van der Waals surface area contributed by atoms with Gasteiger partial charge in [0.25, 0.3) is 0 Å². The fraction of sp³-hybridized carbons (Fsp3) is 0.357. The number of carboxylic acids is 1. The van der Waals surface area contributed by atoms with Gasteiger partial charge >= 0.3 is 5.97 Å². The second-order valence-electron chi connectivity index (χ2n) is 4.92. The summed E-state index contributed by atoms with van der Waals surface area (Å²) in [7, 11) is 0. The van der Waals surface area contributed by atoms with Crippen molar-refractivity contribution in [3.63, 3.8) is 0 Å². The summed E-state index contributed by atoms with van der Waals surface area (Å²) in [6.07, 6.45) is 2.02. The topological polar surface area (TPSA) is 37.3 Å². The summed E-state index contributed by atoms with van der Waals surface area (Å²) >= 11 is 1.63. The van der Waals surface area contributed by atoms with E-state index in [0.29, 0.717) is 0 Å². The Morgan fingerprint density at radius 3 is 2.53 bits per heavy atom. The second-order valence-corrected chi connectivity index (χ2v) is 5.90. The number of carbonyl (C=O) groups is 1. The lowest BCUT2D eigenvalue weighted by atomic mass is 10.1. The van der Waals surface area contributed by atoms with E-state index in [0.717, 1.165) is 0 Å². The number of carboxylic acid groups (broad SMARTS) is 1. The summed E-state index contributed by atoms with van der Waals surface area (Å²) in [5.41, 5.74) is -0.0976. The van der Waals surface area contributed by atoms with Gasteiger partial charge in [-0.25, -0.2) is 0 Å². The Balaban J connectivity index is 1.93. The first-order valence-corrected chi connectivity index (χ1v) is 6.52. The molecule has 1 aliphatic rings. The number of hydrogen-bond donors (Lipinski definition) is 1. The van der Waals surface area contributed by atoms with Gasteiger partial charge in [0.05, 0.1) is 5.92 Å². The molecule has 0 aromatic heterocycles. The lowest BCUT2D eigenvalue weighted by Gasteiger charge is -1.97. The molecule has 0 bridgehead atoms. The van der Waals surface area contributed by atoms with Crippen LogP contribution in [0.5, 0.6) is 0 Å². The molecule has 2 unspecified atom stereocenters. The SMILES string of the molecule is CC1(C)C(/C=C/Sc2ccccc2)C1C(=O)O. The molecule has 3 heteroatoms. The molecule has 90 valence electrons. The highest BCUT2D eigenvalue weighted by molar-refractivity contribution is 8.02. The second kappa shape index (κ2) is 4.57. The highest BCUT2D eigenvalue weighted by Gasteiger charge is 2.60. The Morgan fingerprint density at radius 2 is 2.00 bits per heavy atom. The zero-order chi connectivity index (χ0) is 12.5. The lowest BCUT2D eigenvalue weighted by Crippen LogP contribution is -2.02. The minimum atomic E-state index is -0.686. The van der Waals surface area contributed by atoms with E-state index in [2.05, 4.69) is 0 Å². The van der Waals surface area contributed by atoms with E-state index >= 15 is 0 Å². The number of thioether (sulfide) groups is 1. The summed E-state index contributed by atoms with van der Waals surface area (Å²) < 4.78 is 0. The van der Waals surface area contributed by atoms with Crippen LogP contribution in [0.15, 0.2) is 46.7 Å². The number of allylic oxidation sites excluding steroid dienone is 1. The van der Waals surface area contributed by atoms with E-state index in [4.69, 9.17) is 5.11 Å². The molecule has 0 aliphatic heterocycles. The van der Waals surface area contributed by atoms with Crippen molar-refractivity contribution in [3.05, 3.63) is 41.8 Å². The molecule has 1 aliphatic carbocycles. The summed E-state index contributed by atoms with van der Waals surface area (Å²) in [4.78, 5) is 12.2. The molecule has 1 aromatic rings.